The molecule has 1 heterocycles. The number of alkyl halides is 1. The lowest BCUT2D eigenvalue weighted by Gasteiger charge is -2.04. The number of hydrogen-bond donors (Lipinski definition) is 0. The van der Waals surface area contributed by atoms with Gasteiger partial charge in [0.25, 0.3) is 0 Å². The van der Waals surface area contributed by atoms with E-state index in [0.29, 0.717) is 0 Å². The molecular formula is C11H17ClS. The van der Waals surface area contributed by atoms with E-state index in [9.17, 15) is 0 Å². The average molecular weight is 217 g/mol. The predicted octanol–water partition coefficient (Wildman–Crippen LogP) is 4.78. The van der Waals surface area contributed by atoms with Crippen molar-refractivity contribution in [2.75, 3.05) is 0 Å². The maximum atomic E-state index is 6.27. The zero-order valence-corrected chi connectivity index (χ0v) is 9.92. The van der Waals surface area contributed by atoms with Crippen LogP contribution in [0.25, 0.3) is 0 Å². The van der Waals surface area contributed by atoms with Crippen LogP contribution < -0.4 is 0 Å². The molecule has 1 aromatic rings. The molecule has 2 heteroatoms. The number of unbranched alkanes of at least 4 members (excludes halogenated alkanes) is 1. The van der Waals surface area contributed by atoms with E-state index in [1.54, 1.807) is 0 Å². The Kier molecular flexibility index (Phi) is 4.82. The van der Waals surface area contributed by atoms with Gasteiger partial charge in [-0.2, -0.15) is 0 Å². The smallest absolute Gasteiger partial charge is 0.0678 e. The molecule has 0 N–H and O–H groups in total. The lowest BCUT2D eigenvalue weighted by molar-refractivity contribution is 0.707. The molecule has 0 fully saturated rings. The molecule has 0 aliphatic rings. The van der Waals surface area contributed by atoms with E-state index in [1.807, 2.05) is 11.3 Å². The van der Waals surface area contributed by atoms with E-state index in [0.717, 1.165) is 12.8 Å². The molecule has 74 valence electrons. The van der Waals surface area contributed by atoms with Crippen LogP contribution in [0.4, 0.5) is 0 Å². The summed E-state index contributed by atoms with van der Waals surface area (Å²) in [5, 5.41) is 0.241. The largest absolute Gasteiger partial charge is 0.144 e. The predicted molar refractivity (Wildman–Crippen MR) is 61.8 cm³/mol. The van der Waals surface area contributed by atoms with Crippen molar-refractivity contribution >= 4 is 22.9 Å². The first kappa shape index (κ1) is 11.1. The van der Waals surface area contributed by atoms with Gasteiger partial charge in [-0.05, 0) is 25.0 Å². The van der Waals surface area contributed by atoms with Gasteiger partial charge in [0.1, 0.15) is 0 Å². The van der Waals surface area contributed by atoms with E-state index >= 15 is 0 Å². The van der Waals surface area contributed by atoms with Crippen LogP contribution in [-0.2, 0) is 6.42 Å². The third-order valence-electron chi connectivity index (χ3n) is 2.15. The van der Waals surface area contributed by atoms with Gasteiger partial charge in [0.15, 0.2) is 0 Å². The summed E-state index contributed by atoms with van der Waals surface area (Å²) in [6.07, 6.45) is 4.70. The summed E-state index contributed by atoms with van der Waals surface area (Å²) < 4.78 is 0. The maximum Gasteiger partial charge on any atom is 0.0678 e. The van der Waals surface area contributed by atoms with Gasteiger partial charge in [-0.25, -0.2) is 0 Å². The summed E-state index contributed by atoms with van der Waals surface area (Å²) in [7, 11) is 0. The SMILES string of the molecule is CCCCC(Cl)c1ccc(CC)s1. The van der Waals surface area contributed by atoms with Gasteiger partial charge in [0.2, 0.25) is 0 Å². The van der Waals surface area contributed by atoms with Crippen molar-refractivity contribution in [3.63, 3.8) is 0 Å². The van der Waals surface area contributed by atoms with Crippen LogP contribution in [0.1, 0.15) is 48.2 Å². The minimum Gasteiger partial charge on any atom is -0.144 e. The Morgan fingerprint density at radius 3 is 2.69 bits per heavy atom. The summed E-state index contributed by atoms with van der Waals surface area (Å²) in [6, 6.07) is 4.37. The first-order valence-electron chi connectivity index (χ1n) is 5.00. The van der Waals surface area contributed by atoms with Crippen LogP contribution in [0, 0.1) is 0 Å². The molecule has 1 rings (SSSR count). The number of aryl methyl sites for hydroxylation is 1. The molecule has 1 atom stereocenters. The Bertz CT molecular complexity index is 242. The molecule has 0 aromatic carbocycles. The van der Waals surface area contributed by atoms with Crippen molar-refractivity contribution < 1.29 is 0 Å². The van der Waals surface area contributed by atoms with Gasteiger partial charge < -0.3 is 0 Å². The average Bonchev–Trinajstić information content (AvgIpc) is 2.62. The van der Waals surface area contributed by atoms with Crippen LogP contribution in [0.5, 0.6) is 0 Å². The molecule has 0 spiro atoms. The molecule has 1 unspecified atom stereocenters. The molecule has 0 saturated carbocycles. The van der Waals surface area contributed by atoms with Gasteiger partial charge >= 0.3 is 0 Å². The third-order valence-corrected chi connectivity index (χ3v) is 4.08. The summed E-state index contributed by atoms with van der Waals surface area (Å²) >= 11 is 8.13. The Hall–Kier alpha value is -0.0100. The minimum atomic E-state index is 0.241. The van der Waals surface area contributed by atoms with Gasteiger partial charge in [-0.15, -0.1) is 22.9 Å². The lowest BCUT2D eigenvalue weighted by atomic mass is 10.2. The molecule has 0 aliphatic heterocycles. The zero-order chi connectivity index (χ0) is 9.68. The van der Waals surface area contributed by atoms with E-state index in [4.69, 9.17) is 11.6 Å². The van der Waals surface area contributed by atoms with Crippen LogP contribution >= 0.6 is 22.9 Å². The third kappa shape index (κ3) is 3.32. The van der Waals surface area contributed by atoms with Gasteiger partial charge in [-0.1, -0.05) is 26.7 Å². The van der Waals surface area contributed by atoms with Crippen molar-refractivity contribution in [1.29, 1.82) is 0 Å². The highest BCUT2D eigenvalue weighted by molar-refractivity contribution is 7.12. The Balaban J connectivity index is 2.50. The minimum absolute atomic E-state index is 0.241. The second kappa shape index (κ2) is 5.66. The second-order valence-corrected chi connectivity index (χ2v) is 4.99. The first-order chi connectivity index (χ1) is 6.27. The molecule has 0 nitrogen and oxygen atoms in total. The van der Waals surface area contributed by atoms with Gasteiger partial charge in [0.05, 0.1) is 5.38 Å². The lowest BCUT2D eigenvalue weighted by Crippen LogP contribution is -1.85. The van der Waals surface area contributed by atoms with E-state index < -0.39 is 0 Å². The summed E-state index contributed by atoms with van der Waals surface area (Å²) in [5.41, 5.74) is 0. The van der Waals surface area contributed by atoms with Gasteiger partial charge in [-0.3, -0.25) is 0 Å². The number of thiophene rings is 1. The standard InChI is InChI=1S/C11H17ClS/c1-3-5-6-10(12)11-8-7-9(4-2)13-11/h7-8,10H,3-6H2,1-2H3. The van der Waals surface area contributed by atoms with Crippen LogP contribution in [0.2, 0.25) is 0 Å². The van der Waals surface area contributed by atoms with Crippen LogP contribution in [0.15, 0.2) is 12.1 Å². The van der Waals surface area contributed by atoms with E-state index in [2.05, 4.69) is 26.0 Å². The van der Waals surface area contributed by atoms with Crippen LogP contribution in [0.3, 0.4) is 0 Å². The number of hydrogen-bond acceptors (Lipinski definition) is 1. The van der Waals surface area contributed by atoms with E-state index in [1.165, 1.54) is 22.6 Å². The van der Waals surface area contributed by atoms with Crippen molar-refractivity contribution in [2.45, 2.75) is 44.9 Å². The number of rotatable bonds is 5. The van der Waals surface area contributed by atoms with Crippen molar-refractivity contribution in [3.8, 4) is 0 Å². The first-order valence-corrected chi connectivity index (χ1v) is 6.25. The molecule has 0 amide bonds. The molecule has 1 aromatic heterocycles. The Labute approximate surface area is 89.9 Å². The molecule has 0 aliphatic carbocycles. The monoisotopic (exact) mass is 216 g/mol. The highest BCUT2D eigenvalue weighted by atomic mass is 35.5. The zero-order valence-electron chi connectivity index (χ0n) is 8.35. The highest BCUT2D eigenvalue weighted by Crippen LogP contribution is 2.31. The quantitative estimate of drug-likeness (QED) is 0.622. The molecule has 0 radical (unpaired) electrons. The Morgan fingerprint density at radius 2 is 2.15 bits per heavy atom. The molecule has 13 heavy (non-hydrogen) atoms. The molecule has 0 saturated heterocycles. The topological polar surface area (TPSA) is 0 Å². The fraction of sp³-hybridized carbons (Fsp3) is 0.636. The molecule has 0 bridgehead atoms. The number of halogens is 1. The fourth-order valence-corrected chi connectivity index (χ4v) is 2.60. The summed E-state index contributed by atoms with van der Waals surface area (Å²) in [4.78, 5) is 2.78. The second-order valence-electron chi connectivity index (χ2n) is 3.27. The van der Waals surface area contributed by atoms with Crippen molar-refractivity contribution in [2.24, 2.45) is 0 Å². The highest BCUT2D eigenvalue weighted by Gasteiger charge is 2.09. The summed E-state index contributed by atoms with van der Waals surface area (Å²) in [5.74, 6) is 0. The normalized spacial score (nSPS) is 13.2. The summed E-state index contributed by atoms with van der Waals surface area (Å²) in [6.45, 7) is 4.39. The van der Waals surface area contributed by atoms with E-state index in [-0.39, 0.29) is 5.38 Å². The fourth-order valence-electron chi connectivity index (χ4n) is 1.28. The molecular weight excluding hydrogens is 200 g/mol. The Morgan fingerprint density at radius 1 is 1.38 bits per heavy atom. The maximum absolute atomic E-state index is 6.27. The van der Waals surface area contributed by atoms with Gasteiger partial charge in [0, 0.05) is 9.75 Å². The van der Waals surface area contributed by atoms with Crippen molar-refractivity contribution in [3.05, 3.63) is 21.9 Å². The van der Waals surface area contributed by atoms with Crippen molar-refractivity contribution in [1.82, 2.24) is 0 Å². The van der Waals surface area contributed by atoms with Crippen LogP contribution in [-0.4, -0.2) is 0 Å².